The minimum absolute atomic E-state index is 0.210. The van der Waals surface area contributed by atoms with Gasteiger partial charge in [0, 0.05) is 18.9 Å². The number of aryl methyl sites for hydroxylation is 1. The van der Waals surface area contributed by atoms with Crippen LogP contribution in [0, 0.1) is 10.5 Å². The van der Waals surface area contributed by atoms with Crippen molar-refractivity contribution in [3.05, 3.63) is 101 Å². The Morgan fingerprint density at radius 3 is 2.65 bits per heavy atom. The molecule has 0 bridgehead atoms. The largest absolute Gasteiger partial charge is 0.321 e. The molecule has 0 unspecified atom stereocenters. The van der Waals surface area contributed by atoms with Crippen molar-refractivity contribution in [3.63, 3.8) is 0 Å². The third-order valence-corrected chi connectivity index (χ3v) is 6.30. The van der Waals surface area contributed by atoms with Crippen LogP contribution in [0.4, 0.5) is 0 Å². The Hall–Kier alpha value is -2.78. The Morgan fingerprint density at radius 2 is 1.84 bits per heavy atom. The summed E-state index contributed by atoms with van der Waals surface area (Å²) in [5.41, 5.74) is 2.78. The van der Waals surface area contributed by atoms with Gasteiger partial charge in [0.2, 0.25) is 0 Å². The van der Waals surface area contributed by atoms with Gasteiger partial charge in [0.05, 0.1) is 22.2 Å². The smallest absolute Gasteiger partial charge is 0.266 e. The lowest BCUT2D eigenvalue weighted by atomic mass is 10.1. The fourth-order valence-corrected chi connectivity index (χ4v) is 4.56. The quantitative estimate of drug-likeness (QED) is 0.276. The highest BCUT2D eigenvalue weighted by molar-refractivity contribution is 14.1. The number of pyridine rings is 1. The van der Waals surface area contributed by atoms with E-state index in [9.17, 15) is 9.59 Å². The summed E-state index contributed by atoms with van der Waals surface area (Å²) in [6.07, 6.45) is 0. The lowest BCUT2D eigenvalue weighted by Crippen LogP contribution is -2.24. The van der Waals surface area contributed by atoms with Crippen molar-refractivity contribution in [3.8, 4) is 17.1 Å². The van der Waals surface area contributed by atoms with E-state index in [2.05, 4.69) is 43.5 Å². The normalized spacial score (nSPS) is 11.3. The van der Waals surface area contributed by atoms with Crippen molar-refractivity contribution in [1.29, 1.82) is 0 Å². The van der Waals surface area contributed by atoms with Crippen molar-refractivity contribution in [2.24, 2.45) is 0 Å². The fraction of sp³-hybridized carbons (Fsp3) is 0.0417. The van der Waals surface area contributed by atoms with Crippen LogP contribution in [0.25, 0.3) is 38.9 Å². The number of benzene rings is 3. The number of fused-ring (bicyclic) bond motifs is 2. The maximum Gasteiger partial charge on any atom is 0.266 e. The van der Waals surface area contributed by atoms with Gasteiger partial charge < -0.3 is 4.98 Å². The van der Waals surface area contributed by atoms with Crippen LogP contribution in [0.15, 0.2) is 80.8 Å². The molecule has 152 valence electrons. The van der Waals surface area contributed by atoms with E-state index in [1.165, 1.54) is 4.57 Å². The van der Waals surface area contributed by atoms with Gasteiger partial charge in [-0.3, -0.25) is 14.2 Å². The number of nitrogens with one attached hydrogen (secondary N) is 1. The molecule has 0 atom stereocenters. The Bertz CT molecular complexity index is 1620. The lowest BCUT2D eigenvalue weighted by molar-refractivity contribution is 0.969. The predicted octanol–water partition coefficient (Wildman–Crippen LogP) is 5.57. The van der Waals surface area contributed by atoms with Crippen LogP contribution in [0.2, 0.25) is 0 Å². The molecule has 5 nitrogen and oxygen atoms in total. The maximum atomic E-state index is 13.6. The molecule has 5 rings (SSSR count). The van der Waals surface area contributed by atoms with E-state index >= 15 is 0 Å². The van der Waals surface area contributed by atoms with Crippen LogP contribution in [-0.4, -0.2) is 14.5 Å². The molecule has 0 aliphatic heterocycles. The van der Waals surface area contributed by atoms with Crippen LogP contribution in [0.1, 0.15) is 5.56 Å². The molecule has 7 heteroatoms. The number of aromatic nitrogens is 3. The second-order valence-electron chi connectivity index (χ2n) is 7.32. The molecular formula is C24H15BrIN3O2. The molecule has 3 aromatic carbocycles. The van der Waals surface area contributed by atoms with Gasteiger partial charge in [0.15, 0.2) is 5.82 Å². The molecule has 0 saturated carbocycles. The number of aromatic amines is 1. The van der Waals surface area contributed by atoms with Crippen LogP contribution in [0.5, 0.6) is 0 Å². The second kappa shape index (κ2) is 7.72. The topological polar surface area (TPSA) is 67.8 Å². The molecule has 0 radical (unpaired) electrons. The Kier molecular flexibility index (Phi) is 5.02. The highest BCUT2D eigenvalue weighted by Crippen LogP contribution is 2.25. The molecule has 0 aliphatic carbocycles. The van der Waals surface area contributed by atoms with Gasteiger partial charge in [0.25, 0.3) is 11.1 Å². The summed E-state index contributed by atoms with van der Waals surface area (Å²) in [6, 6.07) is 20.6. The number of H-pyrrole nitrogens is 1. The van der Waals surface area contributed by atoms with E-state index in [1.54, 1.807) is 6.07 Å². The van der Waals surface area contributed by atoms with E-state index < -0.39 is 0 Å². The third kappa shape index (κ3) is 3.61. The zero-order valence-corrected chi connectivity index (χ0v) is 20.1. The SMILES string of the molecule is Cc1cccc(-n2c(-c3cc4cc(Br)ccc4[nH]c3=O)nc3ccc(I)cc3c2=O)c1. The van der Waals surface area contributed by atoms with Crippen LogP contribution >= 0.6 is 38.5 Å². The first-order valence-corrected chi connectivity index (χ1v) is 11.4. The standard InChI is InChI=1S/C24H15BrIN3O2/c1-13-3-2-4-17(9-13)29-22(27-21-8-6-16(26)12-18(21)24(29)31)19-11-14-10-15(25)5-7-20(14)28-23(19)30/h2-12H,1H3,(H,28,30). The molecule has 0 spiro atoms. The van der Waals surface area contributed by atoms with Crippen molar-refractivity contribution in [1.82, 2.24) is 14.5 Å². The molecule has 0 aliphatic rings. The molecule has 31 heavy (non-hydrogen) atoms. The number of nitrogens with zero attached hydrogens (tertiary/aromatic N) is 2. The zero-order valence-electron chi connectivity index (χ0n) is 16.3. The first-order chi connectivity index (χ1) is 14.9. The average Bonchev–Trinajstić information content (AvgIpc) is 2.74. The van der Waals surface area contributed by atoms with E-state index in [0.717, 1.165) is 24.5 Å². The van der Waals surface area contributed by atoms with Crippen LogP contribution in [-0.2, 0) is 0 Å². The van der Waals surface area contributed by atoms with Crippen molar-refractivity contribution < 1.29 is 0 Å². The Balaban J connectivity index is 1.93. The summed E-state index contributed by atoms with van der Waals surface area (Å²) in [6.45, 7) is 1.96. The Labute approximate surface area is 199 Å². The molecule has 0 amide bonds. The summed E-state index contributed by atoms with van der Waals surface area (Å²) >= 11 is 5.66. The van der Waals surface area contributed by atoms with E-state index in [-0.39, 0.29) is 11.1 Å². The first kappa shape index (κ1) is 20.1. The summed E-state index contributed by atoms with van der Waals surface area (Å²) in [7, 11) is 0. The second-order valence-corrected chi connectivity index (χ2v) is 9.48. The van der Waals surface area contributed by atoms with E-state index in [4.69, 9.17) is 4.98 Å². The minimum Gasteiger partial charge on any atom is -0.321 e. The van der Waals surface area contributed by atoms with Crippen LogP contribution < -0.4 is 11.1 Å². The molecule has 0 fully saturated rings. The molecular weight excluding hydrogens is 569 g/mol. The number of halogens is 2. The molecule has 0 saturated heterocycles. The molecule has 2 heterocycles. The van der Waals surface area contributed by atoms with Gasteiger partial charge in [-0.25, -0.2) is 4.98 Å². The number of hydrogen-bond acceptors (Lipinski definition) is 3. The zero-order chi connectivity index (χ0) is 21.7. The van der Waals surface area contributed by atoms with Gasteiger partial charge in [-0.05, 0) is 89.7 Å². The molecule has 1 N–H and O–H groups in total. The van der Waals surface area contributed by atoms with Crippen molar-refractivity contribution >= 4 is 60.3 Å². The first-order valence-electron chi connectivity index (χ1n) is 9.53. The highest BCUT2D eigenvalue weighted by atomic mass is 127. The van der Waals surface area contributed by atoms with Gasteiger partial charge >= 0.3 is 0 Å². The Morgan fingerprint density at radius 1 is 1.00 bits per heavy atom. The summed E-state index contributed by atoms with van der Waals surface area (Å²) in [5.74, 6) is 0.312. The number of hydrogen-bond donors (Lipinski definition) is 1. The van der Waals surface area contributed by atoms with Crippen LogP contribution in [0.3, 0.4) is 0 Å². The molecule has 5 aromatic rings. The average molecular weight is 584 g/mol. The summed E-state index contributed by atoms with van der Waals surface area (Å²) < 4.78 is 3.37. The predicted molar refractivity (Wildman–Crippen MR) is 136 cm³/mol. The monoisotopic (exact) mass is 583 g/mol. The highest BCUT2D eigenvalue weighted by Gasteiger charge is 2.18. The van der Waals surface area contributed by atoms with Crippen molar-refractivity contribution in [2.45, 2.75) is 6.92 Å². The maximum absolute atomic E-state index is 13.6. The van der Waals surface area contributed by atoms with E-state index in [1.807, 2.05) is 67.6 Å². The fourth-order valence-electron chi connectivity index (χ4n) is 3.69. The van der Waals surface area contributed by atoms with Crippen molar-refractivity contribution in [2.75, 3.05) is 0 Å². The minimum atomic E-state index is -0.298. The summed E-state index contributed by atoms with van der Waals surface area (Å²) in [4.78, 5) is 34.4. The number of rotatable bonds is 2. The van der Waals surface area contributed by atoms with Gasteiger partial charge in [-0.15, -0.1) is 0 Å². The summed E-state index contributed by atoms with van der Waals surface area (Å²) in [5, 5.41) is 1.36. The lowest BCUT2D eigenvalue weighted by Gasteiger charge is -2.14. The molecule has 2 aromatic heterocycles. The van der Waals surface area contributed by atoms with Gasteiger partial charge in [-0.2, -0.15) is 0 Å². The third-order valence-electron chi connectivity index (χ3n) is 5.14. The van der Waals surface area contributed by atoms with Gasteiger partial charge in [-0.1, -0.05) is 28.1 Å². The van der Waals surface area contributed by atoms with Gasteiger partial charge in [0.1, 0.15) is 0 Å². The van der Waals surface area contributed by atoms with E-state index in [0.29, 0.717) is 28.0 Å².